The van der Waals surface area contributed by atoms with Crippen molar-refractivity contribution in [2.75, 3.05) is 32.8 Å². The van der Waals surface area contributed by atoms with Crippen LogP contribution >= 0.6 is 11.6 Å². The first kappa shape index (κ1) is 18.6. The van der Waals surface area contributed by atoms with Crippen molar-refractivity contribution in [1.29, 1.82) is 0 Å². The number of nitrogens with one attached hydrogen (secondary N) is 1. The maximum Gasteiger partial charge on any atom is 0.255 e. The molecule has 0 atom stereocenters. The highest BCUT2D eigenvalue weighted by molar-refractivity contribution is 6.33. The molecule has 4 rings (SSSR count). The average molecular weight is 399 g/mol. The van der Waals surface area contributed by atoms with Crippen LogP contribution in [0.1, 0.15) is 27.1 Å². The van der Waals surface area contributed by atoms with Crippen molar-refractivity contribution in [3.05, 3.63) is 52.8 Å². The second-order valence-corrected chi connectivity index (χ2v) is 7.05. The SMILES string of the molecule is O=C1CC(COc2ccc(Cl)c(C(=O)N3CCNCC3)c2)=Nc2cnccc21. The van der Waals surface area contributed by atoms with Crippen LogP contribution < -0.4 is 10.1 Å². The third kappa shape index (κ3) is 3.90. The molecule has 2 aliphatic heterocycles. The quantitative estimate of drug-likeness (QED) is 0.855. The van der Waals surface area contributed by atoms with Gasteiger partial charge >= 0.3 is 0 Å². The molecular weight excluding hydrogens is 380 g/mol. The fraction of sp³-hybridized carbons (Fsp3) is 0.300. The Labute approximate surface area is 167 Å². The van der Waals surface area contributed by atoms with Gasteiger partial charge in [-0.3, -0.25) is 19.6 Å². The highest BCUT2D eigenvalue weighted by atomic mass is 35.5. The second kappa shape index (κ2) is 8.08. The van der Waals surface area contributed by atoms with Crippen LogP contribution in [0.15, 0.2) is 41.7 Å². The van der Waals surface area contributed by atoms with E-state index < -0.39 is 0 Å². The van der Waals surface area contributed by atoms with Crippen LogP contribution in [-0.4, -0.2) is 60.1 Å². The first-order valence-electron chi connectivity index (χ1n) is 9.08. The minimum atomic E-state index is -0.109. The summed E-state index contributed by atoms with van der Waals surface area (Å²) in [6, 6.07) is 6.68. The minimum absolute atomic E-state index is 0.00307. The minimum Gasteiger partial charge on any atom is -0.488 e. The molecule has 1 N–H and O–H groups in total. The zero-order valence-electron chi connectivity index (χ0n) is 15.2. The van der Waals surface area contributed by atoms with Crippen LogP contribution in [0.25, 0.3) is 0 Å². The van der Waals surface area contributed by atoms with E-state index in [1.165, 1.54) is 0 Å². The summed E-state index contributed by atoms with van der Waals surface area (Å²) < 4.78 is 5.80. The van der Waals surface area contributed by atoms with E-state index in [0.29, 0.717) is 46.4 Å². The number of aromatic nitrogens is 1. The first-order chi connectivity index (χ1) is 13.6. The molecule has 28 heavy (non-hydrogen) atoms. The van der Waals surface area contributed by atoms with Gasteiger partial charge in [-0.05, 0) is 24.3 Å². The Kier molecular flexibility index (Phi) is 5.36. The molecule has 3 heterocycles. The topological polar surface area (TPSA) is 83.9 Å². The van der Waals surface area contributed by atoms with Crippen molar-refractivity contribution in [2.45, 2.75) is 6.42 Å². The summed E-state index contributed by atoms with van der Waals surface area (Å²) >= 11 is 6.24. The van der Waals surface area contributed by atoms with Gasteiger partial charge in [0.05, 0.1) is 34.6 Å². The molecule has 7 nitrogen and oxygen atoms in total. The van der Waals surface area contributed by atoms with Crippen molar-refractivity contribution in [2.24, 2.45) is 4.99 Å². The number of ether oxygens (including phenoxy) is 1. The van der Waals surface area contributed by atoms with Gasteiger partial charge in [0.2, 0.25) is 0 Å². The molecule has 1 aromatic heterocycles. The number of piperazine rings is 1. The highest BCUT2D eigenvalue weighted by Crippen LogP contribution is 2.26. The highest BCUT2D eigenvalue weighted by Gasteiger charge is 2.22. The zero-order chi connectivity index (χ0) is 19.5. The van der Waals surface area contributed by atoms with Gasteiger partial charge in [-0.2, -0.15) is 0 Å². The monoisotopic (exact) mass is 398 g/mol. The number of aliphatic imine (C=N–C) groups is 1. The van der Waals surface area contributed by atoms with Crippen LogP contribution in [0.5, 0.6) is 5.75 Å². The molecule has 144 valence electrons. The van der Waals surface area contributed by atoms with Gasteiger partial charge < -0.3 is 15.0 Å². The van der Waals surface area contributed by atoms with Crippen LogP contribution in [0.3, 0.4) is 0 Å². The van der Waals surface area contributed by atoms with Crippen LogP contribution in [0, 0.1) is 0 Å². The molecule has 0 saturated carbocycles. The number of carbonyl (C=O) groups excluding carboxylic acids is 2. The van der Waals surface area contributed by atoms with Gasteiger partial charge in [-0.15, -0.1) is 0 Å². The third-order valence-electron chi connectivity index (χ3n) is 4.72. The molecule has 1 saturated heterocycles. The molecule has 2 aromatic rings. The van der Waals surface area contributed by atoms with Crippen LogP contribution in [-0.2, 0) is 0 Å². The summed E-state index contributed by atoms with van der Waals surface area (Å²) in [4.78, 5) is 35.2. The van der Waals surface area contributed by atoms with Crippen molar-refractivity contribution in [3.63, 3.8) is 0 Å². The number of halogens is 1. The molecule has 0 unspecified atom stereocenters. The molecule has 0 spiro atoms. The van der Waals surface area contributed by atoms with E-state index >= 15 is 0 Å². The number of hydrogen-bond acceptors (Lipinski definition) is 6. The molecule has 0 radical (unpaired) electrons. The van der Waals surface area contributed by atoms with E-state index in [1.54, 1.807) is 41.6 Å². The first-order valence-corrected chi connectivity index (χ1v) is 9.45. The summed E-state index contributed by atoms with van der Waals surface area (Å²) in [6.45, 7) is 2.98. The van der Waals surface area contributed by atoms with Crippen molar-refractivity contribution < 1.29 is 14.3 Å². The lowest BCUT2D eigenvalue weighted by Crippen LogP contribution is -2.46. The molecule has 0 bridgehead atoms. The Morgan fingerprint density at radius 3 is 2.89 bits per heavy atom. The molecule has 1 fully saturated rings. The smallest absolute Gasteiger partial charge is 0.255 e. The number of amides is 1. The average Bonchev–Trinajstić information content (AvgIpc) is 2.73. The normalized spacial score (nSPS) is 16.4. The van der Waals surface area contributed by atoms with E-state index in [9.17, 15) is 9.59 Å². The predicted molar refractivity (Wildman–Crippen MR) is 106 cm³/mol. The number of fused-ring (bicyclic) bond motifs is 1. The molecular formula is C20H19ClN4O3. The summed E-state index contributed by atoms with van der Waals surface area (Å²) in [7, 11) is 0. The maximum atomic E-state index is 12.7. The zero-order valence-corrected chi connectivity index (χ0v) is 15.9. The second-order valence-electron chi connectivity index (χ2n) is 6.64. The van der Waals surface area contributed by atoms with E-state index in [0.717, 1.165) is 13.1 Å². The van der Waals surface area contributed by atoms with Crippen LogP contribution in [0.4, 0.5) is 5.69 Å². The Hall–Kier alpha value is -2.77. The lowest BCUT2D eigenvalue weighted by molar-refractivity contribution is 0.0735. The van der Waals surface area contributed by atoms with Crippen molar-refractivity contribution in [3.8, 4) is 5.75 Å². The van der Waals surface area contributed by atoms with Gasteiger partial charge in [0.25, 0.3) is 5.91 Å². The Morgan fingerprint density at radius 2 is 2.07 bits per heavy atom. The standard InChI is InChI=1S/C20H19ClN4O3/c21-17-2-1-14(10-16(17)20(27)25-7-5-22-6-8-25)28-12-13-9-19(26)15-3-4-23-11-18(15)24-13/h1-4,10-11,22H,5-9,12H2. The molecule has 1 amide bonds. The Bertz CT molecular complexity index is 954. The number of rotatable bonds is 4. The Morgan fingerprint density at radius 1 is 1.25 bits per heavy atom. The van der Waals surface area contributed by atoms with Gasteiger partial charge in [0.15, 0.2) is 5.78 Å². The van der Waals surface area contributed by atoms with Crippen molar-refractivity contribution in [1.82, 2.24) is 15.2 Å². The lowest BCUT2D eigenvalue weighted by atomic mass is 10.0. The largest absolute Gasteiger partial charge is 0.488 e. The van der Waals surface area contributed by atoms with E-state index in [-0.39, 0.29) is 24.7 Å². The molecule has 0 aliphatic carbocycles. The number of Topliss-reactive ketones (excluding diaryl/α,β-unsaturated/α-hetero) is 1. The van der Waals surface area contributed by atoms with E-state index in [2.05, 4.69) is 15.3 Å². The number of carbonyl (C=O) groups is 2. The number of benzene rings is 1. The van der Waals surface area contributed by atoms with Gasteiger partial charge in [-0.1, -0.05) is 11.6 Å². The predicted octanol–water partition coefficient (Wildman–Crippen LogP) is 2.52. The summed E-state index contributed by atoms with van der Waals surface area (Å²) in [5, 5.41) is 3.61. The maximum absolute atomic E-state index is 12.7. The Balaban J connectivity index is 1.48. The van der Waals surface area contributed by atoms with Crippen LogP contribution in [0.2, 0.25) is 5.02 Å². The number of pyridine rings is 1. The van der Waals surface area contributed by atoms with E-state index in [1.807, 2.05) is 0 Å². The van der Waals surface area contributed by atoms with Gasteiger partial charge in [-0.25, -0.2) is 0 Å². The summed E-state index contributed by atoms with van der Waals surface area (Å²) in [5.74, 6) is 0.397. The van der Waals surface area contributed by atoms with E-state index in [4.69, 9.17) is 16.3 Å². The molecule has 1 aromatic carbocycles. The lowest BCUT2D eigenvalue weighted by Gasteiger charge is -2.27. The third-order valence-corrected chi connectivity index (χ3v) is 5.05. The number of nitrogens with zero attached hydrogens (tertiary/aromatic N) is 3. The summed E-state index contributed by atoms with van der Waals surface area (Å²) in [6.07, 6.45) is 3.36. The number of ketones is 1. The molecule has 2 aliphatic rings. The summed E-state index contributed by atoms with van der Waals surface area (Å²) in [5.41, 5.74) is 2.17. The fourth-order valence-corrected chi connectivity index (χ4v) is 3.45. The van der Waals surface area contributed by atoms with Crippen molar-refractivity contribution >= 4 is 34.7 Å². The van der Waals surface area contributed by atoms with Gasteiger partial charge in [0.1, 0.15) is 12.4 Å². The fourth-order valence-electron chi connectivity index (χ4n) is 3.25. The van der Waals surface area contributed by atoms with Gasteiger partial charge in [0, 0.05) is 37.9 Å². The number of hydrogen-bond donors (Lipinski definition) is 1. The molecule has 8 heteroatoms.